The van der Waals surface area contributed by atoms with Crippen molar-refractivity contribution in [2.24, 2.45) is 5.73 Å². The van der Waals surface area contributed by atoms with Crippen molar-refractivity contribution in [3.05, 3.63) is 101 Å². The smallest absolute Gasteiger partial charge is 0.253 e. The van der Waals surface area contributed by atoms with Crippen LogP contribution in [0.3, 0.4) is 0 Å². The van der Waals surface area contributed by atoms with Crippen molar-refractivity contribution < 1.29 is 14.4 Å². The standard InChI is InChI=1S/C22H19N3O3/c23-21(27)19(25-22(28)18-7-4-12-24-14-18)13-15-8-10-17(11-9-15)20(26)16-5-2-1-3-6-16/h1-12,14,19H,13H2,(H2,23,27)(H,25,28)/t19-/m1/s1. The van der Waals surface area contributed by atoms with Gasteiger partial charge in [0.25, 0.3) is 5.91 Å². The molecule has 0 fully saturated rings. The molecule has 0 aliphatic rings. The molecule has 6 heteroatoms. The van der Waals surface area contributed by atoms with Crippen LogP contribution in [-0.4, -0.2) is 28.6 Å². The van der Waals surface area contributed by atoms with Crippen molar-refractivity contribution in [3.8, 4) is 0 Å². The van der Waals surface area contributed by atoms with Crippen LogP contribution < -0.4 is 11.1 Å². The van der Waals surface area contributed by atoms with E-state index in [2.05, 4.69) is 10.3 Å². The predicted molar refractivity (Wildman–Crippen MR) is 105 cm³/mol. The van der Waals surface area contributed by atoms with E-state index in [0.717, 1.165) is 5.56 Å². The van der Waals surface area contributed by atoms with Gasteiger partial charge in [-0.2, -0.15) is 0 Å². The maximum absolute atomic E-state index is 12.5. The molecule has 0 aliphatic heterocycles. The number of aromatic nitrogens is 1. The Kier molecular flexibility index (Phi) is 5.91. The molecule has 2 amide bonds. The molecule has 3 rings (SSSR count). The highest BCUT2D eigenvalue weighted by molar-refractivity contribution is 6.08. The first-order valence-corrected chi connectivity index (χ1v) is 8.73. The van der Waals surface area contributed by atoms with E-state index in [0.29, 0.717) is 16.7 Å². The molecule has 140 valence electrons. The van der Waals surface area contributed by atoms with E-state index in [1.165, 1.54) is 6.20 Å². The minimum atomic E-state index is -0.872. The number of hydrogen-bond donors (Lipinski definition) is 2. The minimum absolute atomic E-state index is 0.0801. The summed E-state index contributed by atoms with van der Waals surface area (Å²) in [6.45, 7) is 0. The van der Waals surface area contributed by atoms with Gasteiger partial charge in [-0.1, -0.05) is 54.6 Å². The third-order valence-electron chi connectivity index (χ3n) is 4.26. The zero-order valence-electron chi connectivity index (χ0n) is 15.0. The lowest BCUT2D eigenvalue weighted by Gasteiger charge is -2.15. The summed E-state index contributed by atoms with van der Waals surface area (Å²) in [5, 5.41) is 2.62. The van der Waals surface area contributed by atoms with Crippen LogP contribution in [0.15, 0.2) is 79.1 Å². The van der Waals surface area contributed by atoms with Gasteiger partial charge in [-0.05, 0) is 17.7 Å². The van der Waals surface area contributed by atoms with E-state index in [1.807, 2.05) is 18.2 Å². The van der Waals surface area contributed by atoms with E-state index in [9.17, 15) is 14.4 Å². The van der Waals surface area contributed by atoms with Crippen LogP contribution in [0.25, 0.3) is 0 Å². The van der Waals surface area contributed by atoms with Crippen molar-refractivity contribution in [3.63, 3.8) is 0 Å². The van der Waals surface area contributed by atoms with Crippen LogP contribution in [-0.2, 0) is 11.2 Å². The average molecular weight is 373 g/mol. The Morgan fingerprint density at radius 2 is 1.50 bits per heavy atom. The number of nitrogens with one attached hydrogen (secondary N) is 1. The second-order valence-corrected chi connectivity index (χ2v) is 6.27. The molecule has 3 N–H and O–H groups in total. The number of carbonyl (C=O) groups is 3. The Morgan fingerprint density at radius 3 is 2.11 bits per heavy atom. The monoisotopic (exact) mass is 373 g/mol. The molecular formula is C22H19N3O3. The molecule has 1 atom stereocenters. The van der Waals surface area contributed by atoms with Crippen LogP contribution in [0.1, 0.15) is 31.8 Å². The van der Waals surface area contributed by atoms with Crippen LogP contribution in [0.4, 0.5) is 0 Å². The second kappa shape index (κ2) is 8.73. The number of hydrogen-bond acceptors (Lipinski definition) is 4. The molecule has 1 aromatic heterocycles. The number of benzene rings is 2. The van der Waals surface area contributed by atoms with Gasteiger partial charge >= 0.3 is 0 Å². The summed E-state index contributed by atoms with van der Waals surface area (Å²) in [5.74, 6) is -1.14. The molecule has 0 bridgehead atoms. The zero-order valence-corrected chi connectivity index (χ0v) is 15.0. The molecule has 0 saturated carbocycles. The number of carbonyl (C=O) groups excluding carboxylic acids is 3. The van der Waals surface area contributed by atoms with Crippen molar-refractivity contribution in [1.82, 2.24) is 10.3 Å². The number of primary amides is 1. The maximum Gasteiger partial charge on any atom is 0.253 e. The Bertz CT molecular complexity index is 971. The number of nitrogens with zero attached hydrogens (tertiary/aromatic N) is 1. The Balaban J connectivity index is 1.69. The van der Waals surface area contributed by atoms with E-state index in [4.69, 9.17) is 5.73 Å². The number of rotatable bonds is 7. The Hall–Kier alpha value is -3.80. The lowest BCUT2D eigenvalue weighted by atomic mass is 9.99. The first-order valence-electron chi connectivity index (χ1n) is 8.73. The number of amides is 2. The fraction of sp³-hybridized carbons (Fsp3) is 0.0909. The molecule has 6 nitrogen and oxygen atoms in total. The van der Waals surface area contributed by atoms with Gasteiger partial charge in [0.05, 0.1) is 5.56 Å². The Labute approximate surface area is 162 Å². The van der Waals surface area contributed by atoms with Gasteiger partial charge in [-0.25, -0.2) is 0 Å². The molecule has 28 heavy (non-hydrogen) atoms. The molecule has 0 saturated heterocycles. The predicted octanol–water partition coefficient (Wildman–Crippen LogP) is 2.14. The molecule has 3 aromatic rings. The highest BCUT2D eigenvalue weighted by Crippen LogP contribution is 2.12. The minimum Gasteiger partial charge on any atom is -0.368 e. The molecule has 2 aromatic carbocycles. The lowest BCUT2D eigenvalue weighted by molar-refractivity contribution is -0.119. The summed E-state index contributed by atoms with van der Waals surface area (Å²) >= 11 is 0. The van der Waals surface area contributed by atoms with Crippen molar-refractivity contribution in [2.45, 2.75) is 12.5 Å². The van der Waals surface area contributed by atoms with Gasteiger partial charge in [0, 0.05) is 29.9 Å². The summed E-state index contributed by atoms with van der Waals surface area (Å²) in [6, 6.07) is 18.3. The molecule has 0 unspecified atom stereocenters. The summed E-state index contributed by atoms with van der Waals surface area (Å²) in [7, 11) is 0. The number of ketones is 1. The van der Waals surface area contributed by atoms with Crippen molar-refractivity contribution >= 4 is 17.6 Å². The van der Waals surface area contributed by atoms with Gasteiger partial charge in [0.2, 0.25) is 5.91 Å². The van der Waals surface area contributed by atoms with Gasteiger partial charge in [0.1, 0.15) is 6.04 Å². The second-order valence-electron chi connectivity index (χ2n) is 6.27. The fourth-order valence-electron chi connectivity index (χ4n) is 2.75. The van der Waals surface area contributed by atoms with E-state index < -0.39 is 17.9 Å². The highest BCUT2D eigenvalue weighted by atomic mass is 16.2. The highest BCUT2D eigenvalue weighted by Gasteiger charge is 2.20. The molecule has 0 radical (unpaired) electrons. The van der Waals surface area contributed by atoms with Crippen molar-refractivity contribution in [2.75, 3.05) is 0 Å². The molecule has 0 spiro atoms. The third kappa shape index (κ3) is 4.67. The summed E-state index contributed by atoms with van der Waals surface area (Å²) in [4.78, 5) is 40.4. The summed E-state index contributed by atoms with van der Waals surface area (Å²) in [6.07, 6.45) is 3.19. The van der Waals surface area contributed by atoms with E-state index in [1.54, 1.807) is 54.7 Å². The summed E-state index contributed by atoms with van der Waals surface area (Å²) < 4.78 is 0. The average Bonchev–Trinajstić information content (AvgIpc) is 2.74. The maximum atomic E-state index is 12.5. The SMILES string of the molecule is NC(=O)[C@@H](Cc1ccc(C(=O)c2ccccc2)cc1)NC(=O)c1cccnc1. The van der Waals surface area contributed by atoms with E-state index >= 15 is 0 Å². The van der Waals surface area contributed by atoms with Crippen LogP contribution >= 0.6 is 0 Å². The number of nitrogens with two attached hydrogens (primary N) is 1. The fourth-order valence-corrected chi connectivity index (χ4v) is 2.75. The molecule has 0 aliphatic carbocycles. The first kappa shape index (κ1) is 19.0. The lowest BCUT2D eigenvalue weighted by Crippen LogP contribution is -2.45. The van der Waals surface area contributed by atoms with Crippen LogP contribution in [0.5, 0.6) is 0 Å². The van der Waals surface area contributed by atoms with Crippen LogP contribution in [0, 0.1) is 0 Å². The summed E-state index contributed by atoms with van der Waals surface area (Å²) in [5.41, 5.74) is 7.72. The van der Waals surface area contributed by atoms with Gasteiger partial charge < -0.3 is 11.1 Å². The largest absolute Gasteiger partial charge is 0.368 e. The van der Waals surface area contributed by atoms with Crippen LogP contribution in [0.2, 0.25) is 0 Å². The molecular weight excluding hydrogens is 354 g/mol. The Morgan fingerprint density at radius 1 is 0.857 bits per heavy atom. The topological polar surface area (TPSA) is 102 Å². The van der Waals surface area contributed by atoms with Crippen molar-refractivity contribution in [1.29, 1.82) is 0 Å². The van der Waals surface area contributed by atoms with Gasteiger partial charge in [0.15, 0.2) is 5.78 Å². The first-order chi connectivity index (χ1) is 13.5. The molecule has 1 heterocycles. The van der Waals surface area contributed by atoms with Gasteiger partial charge in [-0.15, -0.1) is 0 Å². The quantitative estimate of drug-likeness (QED) is 0.619. The number of pyridine rings is 1. The van der Waals surface area contributed by atoms with E-state index in [-0.39, 0.29) is 12.2 Å². The van der Waals surface area contributed by atoms with Gasteiger partial charge in [-0.3, -0.25) is 19.4 Å². The third-order valence-corrected chi connectivity index (χ3v) is 4.26. The normalized spacial score (nSPS) is 11.4. The zero-order chi connectivity index (χ0) is 19.9.